The zero-order chi connectivity index (χ0) is 13.7. The van der Waals surface area contributed by atoms with Crippen molar-refractivity contribution in [2.24, 2.45) is 5.92 Å². The predicted molar refractivity (Wildman–Crippen MR) is 74.5 cm³/mol. The lowest BCUT2D eigenvalue weighted by Crippen LogP contribution is -2.33. The van der Waals surface area contributed by atoms with Crippen LogP contribution in [0.5, 0.6) is 0 Å². The molecule has 0 aliphatic heterocycles. The SMILES string of the molecule is Cc1ccc(C(=O)NCC(O)CC(C)C)c(Br)n1. The smallest absolute Gasteiger partial charge is 0.254 e. The highest BCUT2D eigenvalue weighted by molar-refractivity contribution is 9.10. The summed E-state index contributed by atoms with van der Waals surface area (Å²) in [6.07, 6.45) is 0.166. The van der Waals surface area contributed by atoms with E-state index in [2.05, 4.69) is 26.2 Å². The Hall–Kier alpha value is -0.940. The van der Waals surface area contributed by atoms with Crippen LogP contribution in [0, 0.1) is 12.8 Å². The summed E-state index contributed by atoms with van der Waals surface area (Å²) in [5.74, 6) is 0.182. The maximum atomic E-state index is 11.9. The summed E-state index contributed by atoms with van der Waals surface area (Å²) >= 11 is 3.26. The Kier molecular flexibility index (Phi) is 5.75. The van der Waals surface area contributed by atoms with Crippen LogP contribution in [0.25, 0.3) is 0 Å². The van der Waals surface area contributed by atoms with E-state index in [1.54, 1.807) is 12.1 Å². The van der Waals surface area contributed by atoms with Gasteiger partial charge in [-0.15, -0.1) is 0 Å². The van der Waals surface area contributed by atoms with Crippen LogP contribution in [-0.2, 0) is 0 Å². The van der Waals surface area contributed by atoms with E-state index in [0.717, 1.165) is 5.69 Å². The average Bonchev–Trinajstić information content (AvgIpc) is 2.25. The standard InChI is InChI=1S/C13H19BrN2O2/c1-8(2)6-10(17)7-15-13(18)11-5-4-9(3)16-12(11)14/h4-5,8,10,17H,6-7H2,1-3H3,(H,15,18). The number of aromatic nitrogens is 1. The van der Waals surface area contributed by atoms with Crippen molar-refractivity contribution in [1.82, 2.24) is 10.3 Å². The lowest BCUT2D eigenvalue weighted by Gasteiger charge is -2.14. The van der Waals surface area contributed by atoms with Crippen LogP contribution in [0.2, 0.25) is 0 Å². The zero-order valence-corrected chi connectivity index (χ0v) is 12.5. The Morgan fingerprint density at radius 1 is 1.50 bits per heavy atom. The van der Waals surface area contributed by atoms with Gasteiger partial charge in [0.05, 0.1) is 11.7 Å². The van der Waals surface area contributed by atoms with Crippen LogP contribution < -0.4 is 5.32 Å². The third-order valence-corrected chi connectivity index (χ3v) is 3.08. The molecule has 0 aromatic carbocycles. The summed E-state index contributed by atoms with van der Waals surface area (Å²) in [5, 5.41) is 12.4. The van der Waals surface area contributed by atoms with Gasteiger partial charge in [0.15, 0.2) is 0 Å². The van der Waals surface area contributed by atoms with E-state index in [4.69, 9.17) is 0 Å². The second-order valence-electron chi connectivity index (χ2n) is 4.78. The maximum absolute atomic E-state index is 11.9. The summed E-state index contributed by atoms with van der Waals surface area (Å²) in [5.41, 5.74) is 1.33. The minimum absolute atomic E-state index is 0.225. The van der Waals surface area contributed by atoms with Crippen molar-refractivity contribution in [2.45, 2.75) is 33.3 Å². The highest BCUT2D eigenvalue weighted by atomic mass is 79.9. The first-order valence-electron chi connectivity index (χ1n) is 5.99. The molecule has 1 aromatic rings. The van der Waals surface area contributed by atoms with Crippen LogP contribution in [0.4, 0.5) is 0 Å². The maximum Gasteiger partial charge on any atom is 0.254 e. The van der Waals surface area contributed by atoms with E-state index in [1.807, 2.05) is 20.8 Å². The zero-order valence-electron chi connectivity index (χ0n) is 10.9. The molecule has 18 heavy (non-hydrogen) atoms. The van der Waals surface area contributed by atoms with Gasteiger partial charge >= 0.3 is 0 Å². The molecule has 100 valence electrons. The van der Waals surface area contributed by atoms with Crippen molar-refractivity contribution in [3.63, 3.8) is 0 Å². The molecule has 1 heterocycles. The minimum Gasteiger partial charge on any atom is -0.391 e. The summed E-state index contributed by atoms with van der Waals surface area (Å²) in [6.45, 7) is 6.19. The second-order valence-corrected chi connectivity index (χ2v) is 5.54. The molecule has 0 bridgehead atoms. The molecule has 0 aliphatic carbocycles. The quantitative estimate of drug-likeness (QED) is 0.820. The second kappa shape index (κ2) is 6.85. The van der Waals surface area contributed by atoms with Crippen molar-refractivity contribution in [3.8, 4) is 0 Å². The van der Waals surface area contributed by atoms with Crippen molar-refractivity contribution in [2.75, 3.05) is 6.54 Å². The van der Waals surface area contributed by atoms with Crippen molar-refractivity contribution in [3.05, 3.63) is 28.0 Å². The molecule has 2 N–H and O–H groups in total. The number of rotatable bonds is 5. The lowest BCUT2D eigenvalue weighted by atomic mass is 10.1. The van der Waals surface area contributed by atoms with E-state index in [9.17, 15) is 9.90 Å². The average molecular weight is 315 g/mol. The number of aryl methyl sites for hydroxylation is 1. The van der Waals surface area contributed by atoms with E-state index in [1.165, 1.54) is 0 Å². The van der Waals surface area contributed by atoms with Gasteiger partial charge in [0.25, 0.3) is 5.91 Å². The molecule has 0 spiro atoms. The number of nitrogens with one attached hydrogen (secondary N) is 1. The number of amides is 1. The van der Waals surface area contributed by atoms with Gasteiger partial charge < -0.3 is 10.4 Å². The molecular weight excluding hydrogens is 296 g/mol. The molecule has 1 amide bonds. The fraction of sp³-hybridized carbons (Fsp3) is 0.538. The number of hydrogen-bond acceptors (Lipinski definition) is 3. The largest absolute Gasteiger partial charge is 0.391 e. The van der Waals surface area contributed by atoms with Crippen LogP contribution in [-0.4, -0.2) is 28.6 Å². The first-order chi connectivity index (χ1) is 8.40. The number of carbonyl (C=O) groups is 1. The highest BCUT2D eigenvalue weighted by Gasteiger charge is 2.13. The Bertz CT molecular complexity index is 421. The molecule has 1 aromatic heterocycles. The first kappa shape index (κ1) is 15.1. The van der Waals surface area contributed by atoms with E-state index in [0.29, 0.717) is 22.5 Å². The van der Waals surface area contributed by atoms with Crippen LogP contribution in [0.3, 0.4) is 0 Å². The van der Waals surface area contributed by atoms with Crippen LogP contribution in [0.1, 0.15) is 36.3 Å². The summed E-state index contributed by atoms with van der Waals surface area (Å²) in [6, 6.07) is 3.50. The predicted octanol–water partition coefficient (Wildman–Crippen LogP) is 2.29. The van der Waals surface area contributed by atoms with Crippen LogP contribution in [0.15, 0.2) is 16.7 Å². The van der Waals surface area contributed by atoms with E-state index in [-0.39, 0.29) is 12.5 Å². The Balaban J connectivity index is 2.55. The Morgan fingerprint density at radius 3 is 2.72 bits per heavy atom. The highest BCUT2D eigenvalue weighted by Crippen LogP contribution is 2.14. The molecule has 0 radical (unpaired) electrons. The normalized spacial score (nSPS) is 12.6. The number of aliphatic hydroxyl groups excluding tert-OH is 1. The number of halogens is 1. The fourth-order valence-corrected chi connectivity index (χ4v) is 2.22. The van der Waals surface area contributed by atoms with Gasteiger partial charge in [-0.25, -0.2) is 4.98 Å². The fourth-order valence-electron chi connectivity index (χ4n) is 1.63. The van der Waals surface area contributed by atoms with Crippen molar-refractivity contribution >= 4 is 21.8 Å². The van der Waals surface area contributed by atoms with Gasteiger partial charge in [-0.3, -0.25) is 4.79 Å². The van der Waals surface area contributed by atoms with Gasteiger partial charge in [-0.1, -0.05) is 13.8 Å². The molecule has 1 rings (SSSR count). The van der Waals surface area contributed by atoms with Gasteiger partial charge in [0.1, 0.15) is 4.60 Å². The molecule has 4 nitrogen and oxygen atoms in total. The van der Waals surface area contributed by atoms with Gasteiger partial charge in [0, 0.05) is 12.2 Å². The number of pyridine rings is 1. The molecule has 0 aliphatic rings. The van der Waals surface area contributed by atoms with Crippen molar-refractivity contribution < 1.29 is 9.90 Å². The molecule has 1 unspecified atom stereocenters. The Morgan fingerprint density at radius 2 is 2.17 bits per heavy atom. The van der Waals surface area contributed by atoms with Gasteiger partial charge in [-0.2, -0.15) is 0 Å². The minimum atomic E-state index is -0.508. The molecule has 0 saturated carbocycles. The number of nitrogens with zero attached hydrogens (tertiary/aromatic N) is 1. The number of hydrogen-bond donors (Lipinski definition) is 2. The molecule has 1 atom stereocenters. The number of carbonyl (C=O) groups excluding carboxylic acids is 1. The summed E-state index contributed by atoms with van der Waals surface area (Å²) < 4.78 is 0.526. The van der Waals surface area contributed by atoms with E-state index < -0.39 is 6.10 Å². The third kappa shape index (κ3) is 4.74. The first-order valence-corrected chi connectivity index (χ1v) is 6.79. The lowest BCUT2D eigenvalue weighted by molar-refractivity contribution is 0.0899. The summed E-state index contributed by atoms with van der Waals surface area (Å²) in [7, 11) is 0. The van der Waals surface area contributed by atoms with Crippen molar-refractivity contribution in [1.29, 1.82) is 0 Å². The molecule has 0 fully saturated rings. The molecular formula is C13H19BrN2O2. The monoisotopic (exact) mass is 314 g/mol. The summed E-state index contributed by atoms with van der Waals surface area (Å²) in [4.78, 5) is 16.0. The number of aliphatic hydroxyl groups is 1. The Labute approximate surface area is 116 Å². The molecule has 0 saturated heterocycles. The molecule has 5 heteroatoms. The topological polar surface area (TPSA) is 62.2 Å². The van der Waals surface area contributed by atoms with E-state index >= 15 is 0 Å². The van der Waals surface area contributed by atoms with Crippen LogP contribution >= 0.6 is 15.9 Å². The van der Waals surface area contributed by atoms with Gasteiger partial charge in [0.2, 0.25) is 0 Å². The van der Waals surface area contributed by atoms with Gasteiger partial charge in [-0.05, 0) is 47.3 Å². The third-order valence-electron chi connectivity index (χ3n) is 2.47.